The van der Waals surface area contributed by atoms with E-state index in [9.17, 15) is 4.79 Å². The number of benzene rings is 1. The van der Waals surface area contributed by atoms with Crippen molar-refractivity contribution in [1.29, 1.82) is 5.41 Å². The van der Waals surface area contributed by atoms with Crippen molar-refractivity contribution >= 4 is 11.5 Å². The van der Waals surface area contributed by atoms with Gasteiger partial charge in [0.2, 0.25) is 5.78 Å². The monoisotopic (exact) mass is 203 g/mol. The van der Waals surface area contributed by atoms with Crippen molar-refractivity contribution < 1.29 is 9.53 Å². The second-order valence-electron chi connectivity index (χ2n) is 3.97. The molecule has 15 heavy (non-hydrogen) atoms. The molecule has 0 bridgehead atoms. The molecule has 1 aliphatic rings. The van der Waals surface area contributed by atoms with E-state index in [1.54, 1.807) is 6.07 Å². The van der Waals surface area contributed by atoms with Gasteiger partial charge in [-0.3, -0.25) is 4.79 Å². The van der Waals surface area contributed by atoms with Crippen LogP contribution < -0.4 is 4.74 Å². The Labute approximate surface area is 88.6 Å². The van der Waals surface area contributed by atoms with Gasteiger partial charge in [0.15, 0.2) is 0 Å². The molecule has 0 radical (unpaired) electrons. The van der Waals surface area contributed by atoms with E-state index >= 15 is 0 Å². The largest absolute Gasteiger partial charge is 0.491 e. The molecule has 1 aliphatic carbocycles. The van der Waals surface area contributed by atoms with Crippen molar-refractivity contribution in [2.45, 2.75) is 26.4 Å². The topological polar surface area (TPSA) is 50.2 Å². The van der Waals surface area contributed by atoms with Crippen LogP contribution in [-0.2, 0) is 6.42 Å². The maximum absolute atomic E-state index is 11.6. The Bertz CT molecular complexity index is 435. The normalized spacial score (nSPS) is 14.6. The summed E-state index contributed by atoms with van der Waals surface area (Å²) in [7, 11) is 0. The van der Waals surface area contributed by atoms with Gasteiger partial charge >= 0.3 is 0 Å². The molecule has 0 saturated heterocycles. The maximum Gasteiger partial charge on any atom is 0.207 e. The standard InChI is InChI=1S/C12H13NO2/c1-7(2)15-9-4-3-8-5-11(13)12(14)10(8)6-9/h3-4,6-7,13H,5H2,1-2H3. The predicted octanol–water partition coefficient (Wildman–Crippen LogP) is 2.23. The molecule has 0 atom stereocenters. The first-order valence-corrected chi connectivity index (χ1v) is 4.99. The van der Waals surface area contributed by atoms with Crippen LogP contribution >= 0.6 is 0 Å². The van der Waals surface area contributed by atoms with Gasteiger partial charge in [-0.25, -0.2) is 0 Å². The van der Waals surface area contributed by atoms with Crippen molar-refractivity contribution in [2.75, 3.05) is 0 Å². The molecule has 3 heteroatoms. The highest BCUT2D eigenvalue weighted by atomic mass is 16.5. The summed E-state index contributed by atoms with van der Waals surface area (Å²) < 4.78 is 5.50. The molecule has 2 rings (SSSR count). The molecule has 1 aromatic rings. The fraction of sp³-hybridized carbons (Fsp3) is 0.333. The smallest absolute Gasteiger partial charge is 0.207 e. The average Bonchev–Trinajstić information content (AvgIpc) is 2.43. The van der Waals surface area contributed by atoms with Gasteiger partial charge in [-0.05, 0) is 31.5 Å². The van der Waals surface area contributed by atoms with Gasteiger partial charge in [-0.1, -0.05) is 6.07 Å². The maximum atomic E-state index is 11.6. The number of rotatable bonds is 2. The van der Waals surface area contributed by atoms with Crippen molar-refractivity contribution in [1.82, 2.24) is 0 Å². The summed E-state index contributed by atoms with van der Waals surface area (Å²) in [6.45, 7) is 3.88. The summed E-state index contributed by atoms with van der Waals surface area (Å²) in [4.78, 5) is 11.6. The van der Waals surface area contributed by atoms with Gasteiger partial charge in [0.25, 0.3) is 0 Å². The minimum atomic E-state index is -0.167. The Kier molecular flexibility index (Phi) is 2.31. The first-order valence-electron chi connectivity index (χ1n) is 4.99. The Balaban J connectivity index is 2.35. The number of hydrogen-bond donors (Lipinski definition) is 1. The van der Waals surface area contributed by atoms with Crippen LogP contribution in [0.25, 0.3) is 0 Å². The first-order chi connectivity index (χ1) is 7.08. The lowest BCUT2D eigenvalue weighted by Crippen LogP contribution is -2.07. The Hall–Kier alpha value is -1.64. The minimum absolute atomic E-state index is 0.0963. The number of nitrogens with one attached hydrogen (secondary N) is 1. The molecule has 0 saturated carbocycles. The average molecular weight is 203 g/mol. The zero-order valence-corrected chi connectivity index (χ0v) is 8.83. The third kappa shape index (κ3) is 1.77. The summed E-state index contributed by atoms with van der Waals surface area (Å²) in [6, 6.07) is 5.45. The zero-order chi connectivity index (χ0) is 11.0. The van der Waals surface area contributed by atoms with E-state index in [0.717, 1.165) is 5.56 Å². The third-order valence-corrected chi connectivity index (χ3v) is 2.34. The van der Waals surface area contributed by atoms with Crippen LogP contribution in [0.1, 0.15) is 29.8 Å². The lowest BCUT2D eigenvalue weighted by molar-refractivity contribution is 0.106. The lowest BCUT2D eigenvalue weighted by atomic mass is 10.1. The van der Waals surface area contributed by atoms with Gasteiger partial charge in [-0.2, -0.15) is 0 Å². The molecule has 1 aromatic carbocycles. The van der Waals surface area contributed by atoms with Crippen LogP contribution in [0, 0.1) is 5.41 Å². The number of ether oxygens (including phenoxy) is 1. The van der Waals surface area contributed by atoms with Crippen LogP contribution in [0.4, 0.5) is 0 Å². The Morgan fingerprint density at radius 3 is 2.80 bits per heavy atom. The number of hydrogen-bond acceptors (Lipinski definition) is 3. The molecule has 0 unspecified atom stereocenters. The highest BCUT2D eigenvalue weighted by molar-refractivity contribution is 6.48. The van der Waals surface area contributed by atoms with Crippen LogP contribution in [-0.4, -0.2) is 17.6 Å². The van der Waals surface area contributed by atoms with E-state index in [-0.39, 0.29) is 17.6 Å². The third-order valence-electron chi connectivity index (χ3n) is 2.34. The summed E-state index contributed by atoms with van der Waals surface area (Å²) in [5.41, 5.74) is 1.73. The van der Waals surface area contributed by atoms with Gasteiger partial charge in [0, 0.05) is 12.0 Å². The molecule has 0 spiro atoms. The highest BCUT2D eigenvalue weighted by Crippen LogP contribution is 2.25. The molecule has 1 N–H and O–H groups in total. The van der Waals surface area contributed by atoms with E-state index in [1.165, 1.54) is 0 Å². The highest BCUT2D eigenvalue weighted by Gasteiger charge is 2.25. The number of Topliss-reactive ketones (excluding diaryl/α,β-unsaturated/α-hetero) is 1. The Morgan fingerprint density at radius 2 is 2.13 bits per heavy atom. The molecule has 0 fully saturated rings. The van der Waals surface area contributed by atoms with E-state index in [2.05, 4.69) is 0 Å². The van der Waals surface area contributed by atoms with Gasteiger partial charge in [0.1, 0.15) is 5.75 Å². The summed E-state index contributed by atoms with van der Waals surface area (Å²) in [5.74, 6) is 0.533. The minimum Gasteiger partial charge on any atom is -0.491 e. The zero-order valence-electron chi connectivity index (χ0n) is 8.83. The van der Waals surface area contributed by atoms with Crippen molar-refractivity contribution in [2.24, 2.45) is 0 Å². The number of ketones is 1. The first kappa shape index (κ1) is 9.90. The van der Waals surface area contributed by atoms with Crippen molar-refractivity contribution in [3.05, 3.63) is 29.3 Å². The van der Waals surface area contributed by atoms with Crippen molar-refractivity contribution in [3.8, 4) is 5.75 Å². The molecule has 0 aliphatic heterocycles. The van der Waals surface area contributed by atoms with E-state index in [4.69, 9.17) is 10.1 Å². The summed E-state index contributed by atoms with van der Waals surface area (Å²) in [5, 5.41) is 7.46. The summed E-state index contributed by atoms with van der Waals surface area (Å²) in [6.07, 6.45) is 0.551. The predicted molar refractivity (Wildman–Crippen MR) is 58.0 cm³/mol. The number of fused-ring (bicyclic) bond motifs is 1. The quantitative estimate of drug-likeness (QED) is 0.801. The molecule has 0 aromatic heterocycles. The molecular weight excluding hydrogens is 190 g/mol. The second kappa shape index (κ2) is 3.50. The molecule has 0 heterocycles. The van der Waals surface area contributed by atoms with Gasteiger partial charge in [0.05, 0.1) is 11.8 Å². The molecule has 0 amide bonds. The number of carbonyl (C=O) groups is 1. The van der Waals surface area contributed by atoms with Crippen LogP contribution in [0.5, 0.6) is 5.75 Å². The van der Waals surface area contributed by atoms with E-state index in [1.807, 2.05) is 26.0 Å². The van der Waals surface area contributed by atoms with Crippen LogP contribution in [0.15, 0.2) is 18.2 Å². The van der Waals surface area contributed by atoms with E-state index in [0.29, 0.717) is 17.7 Å². The van der Waals surface area contributed by atoms with Crippen LogP contribution in [0.3, 0.4) is 0 Å². The SMILES string of the molecule is CC(C)Oc1ccc2c(c1)C(=O)C(=N)C2. The molecular formula is C12H13NO2. The summed E-state index contributed by atoms with van der Waals surface area (Å²) >= 11 is 0. The van der Waals surface area contributed by atoms with Gasteiger partial charge < -0.3 is 10.1 Å². The fourth-order valence-electron chi connectivity index (χ4n) is 1.70. The molecule has 78 valence electrons. The molecule has 3 nitrogen and oxygen atoms in total. The Morgan fingerprint density at radius 1 is 1.40 bits per heavy atom. The van der Waals surface area contributed by atoms with Crippen molar-refractivity contribution in [3.63, 3.8) is 0 Å². The van der Waals surface area contributed by atoms with E-state index < -0.39 is 0 Å². The van der Waals surface area contributed by atoms with Crippen LogP contribution in [0.2, 0.25) is 0 Å². The lowest BCUT2D eigenvalue weighted by Gasteiger charge is -2.10. The van der Waals surface area contributed by atoms with Gasteiger partial charge in [-0.15, -0.1) is 0 Å². The second-order valence-corrected chi connectivity index (χ2v) is 3.97. The number of carbonyl (C=O) groups excluding carboxylic acids is 1. The fourth-order valence-corrected chi connectivity index (χ4v) is 1.70.